The molecule has 3 fully saturated rings. The van der Waals surface area contributed by atoms with E-state index < -0.39 is 0 Å². The summed E-state index contributed by atoms with van der Waals surface area (Å²) in [7, 11) is 0. The number of ether oxygens (including phenoxy) is 1. The molecule has 0 amide bonds. The summed E-state index contributed by atoms with van der Waals surface area (Å²) in [6.45, 7) is 18.2. The molecule has 3 unspecified atom stereocenters. The molecule has 0 saturated heterocycles. The quantitative estimate of drug-likeness (QED) is 0.452. The molecule has 25 heavy (non-hydrogen) atoms. The average molecular weight is 347 g/mol. The molecule has 3 rings (SSSR count). The van der Waals surface area contributed by atoms with Gasteiger partial charge in [-0.05, 0) is 73.5 Å². The van der Waals surface area contributed by atoms with Gasteiger partial charge >= 0.3 is 5.97 Å². The lowest BCUT2D eigenvalue weighted by Gasteiger charge is -2.39. The highest BCUT2D eigenvalue weighted by Gasteiger charge is 2.63. The van der Waals surface area contributed by atoms with E-state index in [1.807, 2.05) is 0 Å². The number of carbonyl (C=O) groups is 1. The van der Waals surface area contributed by atoms with Gasteiger partial charge in [-0.25, -0.2) is 4.79 Å². The molecule has 3 atom stereocenters. The molecule has 0 aromatic carbocycles. The highest BCUT2D eigenvalue weighted by Crippen LogP contribution is 2.66. The third kappa shape index (κ3) is 3.08. The first-order chi connectivity index (χ1) is 11.5. The molecule has 0 heterocycles. The van der Waals surface area contributed by atoms with Crippen molar-refractivity contribution in [1.29, 1.82) is 0 Å². The molecule has 3 saturated carbocycles. The molecule has 142 valence electrons. The van der Waals surface area contributed by atoms with Crippen LogP contribution in [0.15, 0.2) is 12.2 Å². The zero-order valence-corrected chi connectivity index (χ0v) is 17.3. The summed E-state index contributed by atoms with van der Waals surface area (Å²) >= 11 is 0. The van der Waals surface area contributed by atoms with E-state index in [-0.39, 0.29) is 22.9 Å². The van der Waals surface area contributed by atoms with Crippen LogP contribution in [0.4, 0.5) is 0 Å². The SMILES string of the molecule is C=C(C(=O)OC1CC2CCC1(C)C2(C)C)C1CCC(C(C)(C)C)CC1. The van der Waals surface area contributed by atoms with Crippen molar-refractivity contribution < 1.29 is 9.53 Å². The zero-order chi connectivity index (χ0) is 18.6. The van der Waals surface area contributed by atoms with Crippen LogP contribution in [0.2, 0.25) is 0 Å². The van der Waals surface area contributed by atoms with E-state index in [9.17, 15) is 4.79 Å². The van der Waals surface area contributed by atoms with Gasteiger partial charge in [0.15, 0.2) is 0 Å². The summed E-state index contributed by atoms with van der Waals surface area (Å²) < 4.78 is 6.05. The normalized spacial score (nSPS) is 40.1. The number of fused-ring (bicyclic) bond motifs is 2. The van der Waals surface area contributed by atoms with Crippen LogP contribution in [0.3, 0.4) is 0 Å². The molecule has 2 bridgehead atoms. The van der Waals surface area contributed by atoms with Gasteiger partial charge in [0.2, 0.25) is 0 Å². The molecule has 0 N–H and O–H groups in total. The van der Waals surface area contributed by atoms with E-state index in [1.54, 1.807) is 0 Å². The number of rotatable bonds is 3. The van der Waals surface area contributed by atoms with Gasteiger partial charge in [0.1, 0.15) is 6.10 Å². The van der Waals surface area contributed by atoms with Crippen LogP contribution in [-0.2, 0) is 9.53 Å². The second-order valence-electron chi connectivity index (χ2n) is 10.9. The van der Waals surface area contributed by atoms with Gasteiger partial charge in [-0.3, -0.25) is 0 Å². The first kappa shape index (κ1) is 19.0. The van der Waals surface area contributed by atoms with Gasteiger partial charge in [0.25, 0.3) is 0 Å². The molecule has 3 aliphatic carbocycles. The topological polar surface area (TPSA) is 26.3 Å². The first-order valence-corrected chi connectivity index (χ1v) is 10.4. The van der Waals surface area contributed by atoms with Crippen molar-refractivity contribution in [2.45, 2.75) is 92.6 Å². The fourth-order valence-electron chi connectivity index (χ4n) is 5.99. The average Bonchev–Trinajstić information content (AvgIpc) is 2.87. The second-order valence-corrected chi connectivity index (χ2v) is 10.9. The van der Waals surface area contributed by atoms with Crippen molar-refractivity contribution in [1.82, 2.24) is 0 Å². The summed E-state index contributed by atoms with van der Waals surface area (Å²) in [6, 6.07) is 0. The lowest BCUT2D eigenvalue weighted by molar-refractivity contribution is -0.152. The first-order valence-electron chi connectivity index (χ1n) is 10.4. The Morgan fingerprint density at radius 3 is 2.08 bits per heavy atom. The van der Waals surface area contributed by atoms with Gasteiger partial charge in [0, 0.05) is 11.0 Å². The highest BCUT2D eigenvalue weighted by atomic mass is 16.5. The van der Waals surface area contributed by atoms with E-state index in [2.05, 4.69) is 48.1 Å². The maximum Gasteiger partial charge on any atom is 0.333 e. The van der Waals surface area contributed by atoms with Crippen molar-refractivity contribution in [2.24, 2.45) is 34.0 Å². The number of hydrogen-bond donors (Lipinski definition) is 0. The van der Waals surface area contributed by atoms with Crippen LogP contribution in [-0.4, -0.2) is 12.1 Å². The molecular weight excluding hydrogens is 308 g/mol. The van der Waals surface area contributed by atoms with Crippen LogP contribution in [0.1, 0.15) is 86.5 Å². The monoisotopic (exact) mass is 346 g/mol. The van der Waals surface area contributed by atoms with Gasteiger partial charge < -0.3 is 4.74 Å². The van der Waals surface area contributed by atoms with E-state index >= 15 is 0 Å². The Hall–Kier alpha value is -0.790. The molecule has 0 aromatic heterocycles. The molecular formula is C23H38O2. The zero-order valence-electron chi connectivity index (χ0n) is 17.3. The van der Waals surface area contributed by atoms with E-state index in [1.165, 1.54) is 25.7 Å². The standard InChI is InChI=1S/C23H38O2/c1-15(16-8-10-17(11-9-16)21(2,3)4)20(24)25-19-14-18-12-13-23(19,7)22(18,5)6/h16-19H,1,8-14H2,2-7H3. The predicted octanol–water partition coefficient (Wildman–Crippen LogP) is 6.15. The molecule has 0 spiro atoms. The van der Waals surface area contributed by atoms with Gasteiger partial charge in [0.05, 0.1) is 0 Å². The molecule has 0 aromatic rings. The fraction of sp³-hybridized carbons (Fsp3) is 0.870. The van der Waals surface area contributed by atoms with Crippen LogP contribution in [0.25, 0.3) is 0 Å². The predicted molar refractivity (Wildman–Crippen MR) is 103 cm³/mol. The Kier molecular flexibility index (Phi) is 4.66. The maximum absolute atomic E-state index is 12.8. The van der Waals surface area contributed by atoms with Crippen LogP contribution in [0, 0.1) is 34.0 Å². The van der Waals surface area contributed by atoms with Crippen molar-refractivity contribution in [3.63, 3.8) is 0 Å². The summed E-state index contributed by atoms with van der Waals surface area (Å²) in [6.07, 6.45) is 8.18. The van der Waals surface area contributed by atoms with Gasteiger partial charge in [-0.2, -0.15) is 0 Å². The van der Waals surface area contributed by atoms with Gasteiger partial charge in [-0.1, -0.05) is 48.1 Å². The minimum Gasteiger partial charge on any atom is -0.458 e. The van der Waals surface area contributed by atoms with Crippen LogP contribution in [0.5, 0.6) is 0 Å². The van der Waals surface area contributed by atoms with E-state index in [4.69, 9.17) is 4.74 Å². The maximum atomic E-state index is 12.8. The molecule has 3 aliphatic rings. The smallest absolute Gasteiger partial charge is 0.333 e. The third-order valence-corrected chi connectivity index (χ3v) is 8.67. The number of hydrogen-bond acceptors (Lipinski definition) is 2. The summed E-state index contributed by atoms with van der Waals surface area (Å²) in [5.74, 6) is 1.67. The lowest BCUT2D eigenvalue weighted by Crippen LogP contribution is -2.39. The molecule has 0 radical (unpaired) electrons. The molecule has 0 aliphatic heterocycles. The summed E-state index contributed by atoms with van der Waals surface area (Å²) in [5, 5.41) is 0. The second kappa shape index (κ2) is 6.13. The third-order valence-electron chi connectivity index (χ3n) is 8.67. The van der Waals surface area contributed by atoms with E-state index in [0.717, 1.165) is 30.8 Å². The number of carbonyl (C=O) groups excluding carboxylic acids is 1. The van der Waals surface area contributed by atoms with Gasteiger partial charge in [-0.15, -0.1) is 0 Å². The Labute approximate surface area is 154 Å². The largest absolute Gasteiger partial charge is 0.458 e. The highest BCUT2D eigenvalue weighted by molar-refractivity contribution is 5.88. The number of esters is 1. The van der Waals surface area contributed by atoms with E-state index in [0.29, 0.717) is 17.3 Å². The minimum atomic E-state index is -0.117. The summed E-state index contributed by atoms with van der Waals surface area (Å²) in [4.78, 5) is 12.8. The van der Waals surface area contributed by atoms with Crippen molar-refractivity contribution in [2.75, 3.05) is 0 Å². The van der Waals surface area contributed by atoms with Crippen molar-refractivity contribution in [3.8, 4) is 0 Å². The fourth-order valence-corrected chi connectivity index (χ4v) is 5.99. The molecule has 2 heteroatoms. The summed E-state index contributed by atoms with van der Waals surface area (Å²) in [5.41, 5.74) is 1.52. The Bertz CT molecular complexity index is 545. The lowest BCUT2D eigenvalue weighted by atomic mass is 9.68. The Morgan fingerprint density at radius 2 is 1.64 bits per heavy atom. The van der Waals surface area contributed by atoms with Crippen LogP contribution >= 0.6 is 0 Å². The molecule has 2 nitrogen and oxygen atoms in total. The van der Waals surface area contributed by atoms with Crippen molar-refractivity contribution >= 4 is 5.97 Å². The minimum absolute atomic E-state index is 0.0800. The Morgan fingerprint density at radius 1 is 1.04 bits per heavy atom. The van der Waals surface area contributed by atoms with Crippen molar-refractivity contribution in [3.05, 3.63) is 12.2 Å². The Balaban J connectivity index is 1.57. The van der Waals surface area contributed by atoms with Crippen LogP contribution < -0.4 is 0 Å².